The van der Waals surface area contributed by atoms with Gasteiger partial charge in [-0.1, -0.05) is 12.1 Å². The lowest BCUT2D eigenvalue weighted by Gasteiger charge is -2.60. The number of rotatable bonds is 4. The summed E-state index contributed by atoms with van der Waals surface area (Å²) in [5.74, 6) is -1.93. The van der Waals surface area contributed by atoms with Crippen molar-refractivity contribution < 1.29 is 23.9 Å². The zero-order valence-electron chi connectivity index (χ0n) is 18.5. The van der Waals surface area contributed by atoms with Crippen LogP contribution in [0, 0.1) is 10.8 Å². The number of fused-ring (bicyclic) bond motifs is 2. The number of aromatic nitrogens is 2. The molecule has 9 nitrogen and oxygen atoms in total. The lowest BCUT2D eigenvalue weighted by molar-refractivity contribution is -0.202. The molecule has 0 saturated carbocycles. The third-order valence-electron chi connectivity index (χ3n) is 6.63. The quantitative estimate of drug-likeness (QED) is 0.512. The van der Waals surface area contributed by atoms with Crippen LogP contribution in [0.3, 0.4) is 0 Å². The van der Waals surface area contributed by atoms with E-state index < -0.39 is 40.6 Å². The molecule has 4 atom stereocenters. The molecule has 2 fully saturated rings. The SMILES string of the molecule is COC(=O)[C@@]12CN(C)C[C@@](C(=O)OC)(C1=O)[C@@H](c1ccccn1)N(C)[C@@H]2c1ccccn1. The highest BCUT2D eigenvalue weighted by molar-refractivity contribution is 6.17. The minimum Gasteiger partial charge on any atom is -0.468 e. The Bertz CT molecular complexity index is 954. The van der Waals surface area contributed by atoms with Gasteiger partial charge in [0.1, 0.15) is 0 Å². The Hall–Kier alpha value is -3.17. The number of esters is 2. The summed E-state index contributed by atoms with van der Waals surface area (Å²) in [5, 5.41) is 0. The molecular formula is C23H26N4O5. The molecule has 2 aliphatic heterocycles. The summed E-state index contributed by atoms with van der Waals surface area (Å²) in [6.45, 7) is 0.162. The van der Waals surface area contributed by atoms with E-state index in [1.807, 2.05) is 9.80 Å². The van der Waals surface area contributed by atoms with Gasteiger partial charge in [0.25, 0.3) is 0 Å². The molecule has 4 heterocycles. The van der Waals surface area contributed by atoms with Crippen molar-refractivity contribution in [1.29, 1.82) is 0 Å². The molecular weight excluding hydrogens is 412 g/mol. The van der Waals surface area contributed by atoms with Gasteiger partial charge in [-0.15, -0.1) is 0 Å². The fourth-order valence-electron chi connectivity index (χ4n) is 5.61. The van der Waals surface area contributed by atoms with Crippen LogP contribution >= 0.6 is 0 Å². The molecule has 0 unspecified atom stereocenters. The third-order valence-corrected chi connectivity index (χ3v) is 6.63. The number of carbonyl (C=O) groups is 3. The summed E-state index contributed by atoms with van der Waals surface area (Å²) < 4.78 is 10.4. The Kier molecular flexibility index (Phi) is 5.56. The number of nitrogens with zero attached hydrogens (tertiary/aromatic N) is 4. The van der Waals surface area contributed by atoms with Gasteiger partial charge < -0.3 is 14.4 Å². The topological polar surface area (TPSA) is 102 Å². The molecule has 2 bridgehead atoms. The summed E-state index contributed by atoms with van der Waals surface area (Å²) in [4.78, 5) is 53.8. The normalized spacial score (nSPS) is 30.6. The van der Waals surface area contributed by atoms with Gasteiger partial charge in [0.2, 0.25) is 0 Å². The second-order valence-corrected chi connectivity index (χ2v) is 8.41. The second kappa shape index (κ2) is 8.07. The summed E-state index contributed by atoms with van der Waals surface area (Å²) in [7, 11) is 6.06. The van der Waals surface area contributed by atoms with Crippen molar-refractivity contribution in [3.05, 3.63) is 60.2 Å². The summed E-state index contributed by atoms with van der Waals surface area (Å²) in [5.41, 5.74) is -2.29. The molecule has 9 heteroatoms. The van der Waals surface area contributed by atoms with Crippen LogP contribution in [0.1, 0.15) is 23.5 Å². The first-order valence-corrected chi connectivity index (χ1v) is 10.3. The van der Waals surface area contributed by atoms with E-state index in [1.54, 1.807) is 62.9 Å². The lowest BCUT2D eigenvalue weighted by Crippen LogP contribution is -2.75. The Morgan fingerprint density at radius 1 is 0.875 bits per heavy atom. The highest BCUT2D eigenvalue weighted by atomic mass is 16.5. The van der Waals surface area contributed by atoms with Gasteiger partial charge in [-0.05, 0) is 38.4 Å². The highest BCUT2D eigenvalue weighted by Gasteiger charge is 2.75. The Labute approximate surface area is 186 Å². The van der Waals surface area contributed by atoms with Crippen molar-refractivity contribution in [3.8, 4) is 0 Å². The first-order chi connectivity index (χ1) is 15.3. The van der Waals surface area contributed by atoms with Crippen molar-refractivity contribution in [1.82, 2.24) is 19.8 Å². The molecule has 2 aliphatic rings. The first kappa shape index (κ1) is 22.0. The molecule has 4 rings (SSSR count). The molecule has 168 valence electrons. The number of carbonyl (C=O) groups excluding carboxylic acids is 3. The third kappa shape index (κ3) is 2.88. The number of piperidine rings is 2. The van der Waals surface area contributed by atoms with E-state index in [0.29, 0.717) is 11.4 Å². The predicted octanol–water partition coefficient (Wildman–Crippen LogP) is 1.04. The second-order valence-electron chi connectivity index (χ2n) is 8.41. The monoisotopic (exact) mass is 438 g/mol. The molecule has 2 saturated heterocycles. The number of ketones is 1. The van der Waals surface area contributed by atoms with Crippen LogP contribution in [0.15, 0.2) is 48.8 Å². The number of methoxy groups -OCH3 is 2. The number of likely N-dealkylation sites (tertiary alicyclic amines) is 2. The van der Waals surface area contributed by atoms with Crippen molar-refractivity contribution >= 4 is 17.7 Å². The van der Waals surface area contributed by atoms with Gasteiger partial charge in [0.15, 0.2) is 16.6 Å². The standard InChI is InChI=1S/C23H26N4O5/c1-26-13-22(20(29)31-3)17(15-9-5-7-11-24-15)27(2)18(16-10-6-8-12-25-16)23(14-26,19(22)28)21(30)32-4/h5-12,17-18H,13-14H2,1-4H3/t17-,18-,22-,23+/m1/s1. The van der Waals surface area contributed by atoms with E-state index in [-0.39, 0.29) is 13.1 Å². The Morgan fingerprint density at radius 3 is 1.66 bits per heavy atom. The van der Waals surface area contributed by atoms with Gasteiger partial charge in [-0.25, -0.2) is 0 Å². The van der Waals surface area contributed by atoms with Crippen LogP contribution in [0.2, 0.25) is 0 Å². The van der Waals surface area contributed by atoms with Gasteiger partial charge >= 0.3 is 11.9 Å². The van der Waals surface area contributed by atoms with Crippen LogP contribution < -0.4 is 0 Å². The molecule has 0 amide bonds. The van der Waals surface area contributed by atoms with Crippen LogP contribution in [0.25, 0.3) is 0 Å². The van der Waals surface area contributed by atoms with Crippen molar-refractivity contribution in [2.75, 3.05) is 41.4 Å². The van der Waals surface area contributed by atoms with E-state index in [0.717, 1.165) is 0 Å². The van der Waals surface area contributed by atoms with Crippen molar-refractivity contribution in [3.63, 3.8) is 0 Å². The van der Waals surface area contributed by atoms with Gasteiger partial charge in [0.05, 0.1) is 37.7 Å². The highest BCUT2D eigenvalue weighted by Crippen LogP contribution is 2.59. The van der Waals surface area contributed by atoms with Crippen molar-refractivity contribution in [2.45, 2.75) is 12.1 Å². The van der Waals surface area contributed by atoms with Crippen molar-refractivity contribution in [2.24, 2.45) is 10.8 Å². The summed E-state index contributed by atoms with van der Waals surface area (Å²) >= 11 is 0. The Balaban J connectivity index is 2.07. The van der Waals surface area contributed by atoms with Gasteiger partial charge in [0, 0.05) is 25.5 Å². The van der Waals surface area contributed by atoms with Gasteiger partial charge in [-0.2, -0.15) is 0 Å². The van der Waals surface area contributed by atoms with E-state index in [1.165, 1.54) is 14.2 Å². The molecule has 0 aromatic carbocycles. The van der Waals surface area contributed by atoms with Crippen LogP contribution in [0.5, 0.6) is 0 Å². The average molecular weight is 438 g/mol. The number of ether oxygens (including phenoxy) is 2. The smallest absolute Gasteiger partial charge is 0.322 e. The molecule has 32 heavy (non-hydrogen) atoms. The molecule has 0 N–H and O–H groups in total. The maximum atomic E-state index is 14.4. The summed E-state index contributed by atoms with van der Waals surface area (Å²) in [6.07, 6.45) is 3.23. The zero-order valence-corrected chi connectivity index (χ0v) is 18.5. The van der Waals surface area contributed by atoms with E-state index in [2.05, 4.69) is 9.97 Å². The first-order valence-electron chi connectivity index (χ1n) is 10.3. The molecule has 2 aromatic heterocycles. The van der Waals surface area contributed by atoms with E-state index in [4.69, 9.17) is 9.47 Å². The van der Waals surface area contributed by atoms with Crippen LogP contribution in [-0.4, -0.2) is 78.9 Å². The maximum absolute atomic E-state index is 14.4. The maximum Gasteiger partial charge on any atom is 0.322 e. The fraction of sp³-hybridized carbons (Fsp3) is 0.435. The summed E-state index contributed by atoms with van der Waals surface area (Å²) in [6, 6.07) is 9.11. The lowest BCUT2D eigenvalue weighted by atomic mass is 9.54. The molecule has 0 aliphatic carbocycles. The van der Waals surface area contributed by atoms with E-state index >= 15 is 0 Å². The van der Waals surface area contributed by atoms with Crippen LogP contribution in [0.4, 0.5) is 0 Å². The number of pyridine rings is 2. The predicted molar refractivity (Wildman–Crippen MR) is 113 cm³/mol. The molecule has 0 radical (unpaired) electrons. The van der Waals surface area contributed by atoms with Crippen LogP contribution in [-0.2, 0) is 23.9 Å². The zero-order chi connectivity index (χ0) is 23.1. The average Bonchev–Trinajstić information content (AvgIpc) is 2.81. The minimum absolute atomic E-state index is 0.0811. The Morgan fingerprint density at radius 2 is 1.31 bits per heavy atom. The molecule has 0 spiro atoms. The minimum atomic E-state index is -1.68. The molecule has 2 aromatic rings. The number of hydrogen-bond acceptors (Lipinski definition) is 9. The van der Waals surface area contributed by atoms with Gasteiger partial charge in [-0.3, -0.25) is 29.3 Å². The number of hydrogen-bond donors (Lipinski definition) is 0. The number of Topliss-reactive ketones (excluding diaryl/α,β-unsaturated/α-hetero) is 1. The fourth-order valence-corrected chi connectivity index (χ4v) is 5.61. The van der Waals surface area contributed by atoms with E-state index in [9.17, 15) is 14.4 Å². The largest absolute Gasteiger partial charge is 0.468 e.